The van der Waals surface area contributed by atoms with E-state index < -0.39 is 0 Å². The Morgan fingerprint density at radius 1 is 1.45 bits per heavy atom. The first kappa shape index (κ1) is 14.9. The second kappa shape index (κ2) is 7.33. The van der Waals surface area contributed by atoms with Crippen LogP contribution >= 0.6 is 0 Å². The van der Waals surface area contributed by atoms with E-state index in [1.165, 1.54) is 5.56 Å². The molecule has 3 heteroatoms. The van der Waals surface area contributed by atoms with Crippen molar-refractivity contribution in [2.75, 3.05) is 26.7 Å². The highest BCUT2D eigenvalue weighted by molar-refractivity contribution is 5.30. The summed E-state index contributed by atoms with van der Waals surface area (Å²) in [6.07, 6.45) is 7.68. The van der Waals surface area contributed by atoms with Gasteiger partial charge in [-0.05, 0) is 37.5 Å². The van der Waals surface area contributed by atoms with Crippen LogP contribution in [0, 0.1) is 12.3 Å². The minimum atomic E-state index is 0.342. The Hall–Kier alpha value is -1.50. The van der Waals surface area contributed by atoms with Gasteiger partial charge in [-0.2, -0.15) is 0 Å². The number of nitrogens with zero attached hydrogens (tertiary/aromatic N) is 1. The molecule has 1 N–H and O–H groups in total. The summed E-state index contributed by atoms with van der Waals surface area (Å²) in [5.74, 6) is 3.64. The summed E-state index contributed by atoms with van der Waals surface area (Å²) in [5.41, 5.74) is 1.27. The van der Waals surface area contributed by atoms with E-state index in [0.29, 0.717) is 12.1 Å². The molecule has 3 nitrogen and oxygen atoms in total. The van der Waals surface area contributed by atoms with Gasteiger partial charge in [-0.1, -0.05) is 18.1 Å². The summed E-state index contributed by atoms with van der Waals surface area (Å²) < 4.78 is 5.28. The van der Waals surface area contributed by atoms with E-state index in [1.54, 1.807) is 7.11 Å². The second-order valence-electron chi connectivity index (χ2n) is 5.42. The first-order valence-electron chi connectivity index (χ1n) is 7.28. The molecule has 0 spiro atoms. The van der Waals surface area contributed by atoms with Gasteiger partial charge in [0.05, 0.1) is 13.7 Å². The summed E-state index contributed by atoms with van der Waals surface area (Å²) in [7, 11) is 1.71. The van der Waals surface area contributed by atoms with Crippen LogP contribution in [0.5, 0.6) is 5.75 Å². The summed E-state index contributed by atoms with van der Waals surface area (Å²) in [4.78, 5) is 2.34. The first-order valence-corrected chi connectivity index (χ1v) is 7.28. The van der Waals surface area contributed by atoms with Crippen molar-refractivity contribution < 1.29 is 4.74 Å². The number of nitrogens with one attached hydrogen (secondary N) is 1. The Morgan fingerprint density at radius 2 is 2.20 bits per heavy atom. The number of hydrogen-bond donors (Lipinski definition) is 1. The molecular weight excluding hydrogens is 248 g/mol. The van der Waals surface area contributed by atoms with Crippen LogP contribution in [0.2, 0.25) is 0 Å². The van der Waals surface area contributed by atoms with Crippen molar-refractivity contribution in [1.29, 1.82) is 0 Å². The van der Waals surface area contributed by atoms with E-state index in [0.717, 1.165) is 38.2 Å². The number of hydrogen-bond acceptors (Lipinski definition) is 3. The molecule has 0 bridgehead atoms. The monoisotopic (exact) mass is 272 g/mol. The van der Waals surface area contributed by atoms with Gasteiger partial charge < -0.3 is 10.1 Å². The fourth-order valence-corrected chi connectivity index (χ4v) is 2.75. The number of methoxy groups -OCH3 is 1. The molecular formula is C17H24N2O. The highest BCUT2D eigenvalue weighted by atomic mass is 16.5. The Labute approximate surface area is 122 Å². The van der Waals surface area contributed by atoms with Crippen molar-refractivity contribution in [3.63, 3.8) is 0 Å². The number of rotatable bonds is 5. The third-order valence-corrected chi connectivity index (χ3v) is 3.98. The lowest BCUT2D eigenvalue weighted by Gasteiger charge is -2.33. The third-order valence-electron chi connectivity index (χ3n) is 3.98. The highest BCUT2D eigenvalue weighted by Gasteiger charge is 2.20. The maximum Gasteiger partial charge on any atom is 0.119 e. The minimum absolute atomic E-state index is 0.342. The van der Waals surface area contributed by atoms with Crippen LogP contribution in [0.4, 0.5) is 0 Å². The molecule has 108 valence electrons. The van der Waals surface area contributed by atoms with Crippen LogP contribution in [-0.4, -0.2) is 37.7 Å². The molecule has 0 aromatic heterocycles. The molecule has 1 atom stereocenters. The molecule has 0 aliphatic carbocycles. The Morgan fingerprint density at radius 3 is 2.85 bits per heavy atom. The second-order valence-corrected chi connectivity index (χ2v) is 5.42. The molecule has 20 heavy (non-hydrogen) atoms. The average Bonchev–Trinajstić information content (AvgIpc) is 2.49. The molecule has 1 aliphatic rings. The summed E-state index contributed by atoms with van der Waals surface area (Å²) in [6.45, 7) is 5.17. The molecule has 1 aromatic rings. The van der Waals surface area contributed by atoms with Crippen molar-refractivity contribution in [2.24, 2.45) is 0 Å². The number of ether oxygens (including phenoxy) is 1. The van der Waals surface area contributed by atoms with E-state index in [9.17, 15) is 0 Å². The molecule has 0 amide bonds. The molecule has 0 saturated carbocycles. The zero-order chi connectivity index (χ0) is 14.4. The summed E-state index contributed by atoms with van der Waals surface area (Å²) in [6, 6.07) is 9.19. The maximum absolute atomic E-state index is 5.36. The Bertz CT molecular complexity index is 458. The largest absolute Gasteiger partial charge is 0.497 e. The molecule has 0 radical (unpaired) electrons. The summed E-state index contributed by atoms with van der Waals surface area (Å²) in [5, 5.41) is 3.72. The quantitative estimate of drug-likeness (QED) is 0.833. The minimum Gasteiger partial charge on any atom is -0.497 e. The number of benzene rings is 1. The fraction of sp³-hybridized carbons (Fsp3) is 0.529. The van der Waals surface area contributed by atoms with Gasteiger partial charge in [0.25, 0.3) is 0 Å². The number of terminal acetylenes is 1. The molecule has 1 fully saturated rings. The predicted octanol–water partition coefficient (Wildman–Crippen LogP) is 2.44. The SMILES string of the molecule is C#CCN1CCC(NC(C)c2cccc(OC)c2)CC1. The molecule has 1 aliphatic heterocycles. The van der Waals surface area contributed by atoms with Gasteiger partial charge >= 0.3 is 0 Å². The molecule has 1 saturated heterocycles. The summed E-state index contributed by atoms with van der Waals surface area (Å²) >= 11 is 0. The predicted molar refractivity (Wildman–Crippen MR) is 82.8 cm³/mol. The van der Waals surface area contributed by atoms with E-state index >= 15 is 0 Å². The van der Waals surface area contributed by atoms with Crippen LogP contribution in [0.25, 0.3) is 0 Å². The standard InChI is InChI=1S/C17H24N2O/c1-4-10-19-11-8-16(9-12-19)18-14(2)15-6-5-7-17(13-15)20-3/h1,5-7,13-14,16,18H,8-12H2,2-3H3. The lowest BCUT2D eigenvalue weighted by Crippen LogP contribution is -2.43. The Kier molecular flexibility index (Phi) is 5.46. The fourth-order valence-electron chi connectivity index (χ4n) is 2.75. The van der Waals surface area contributed by atoms with Crippen LogP contribution in [0.1, 0.15) is 31.4 Å². The van der Waals surface area contributed by atoms with Crippen molar-refractivity contribution >= 4 is 0 Å². The smallest absolute Gasteiger partial charge is 0.119 e. The molecule has 1 aromatic carbocycles. The van der Waals surface area contributed by atoms with E-state index in [2.05, 4.69) is 35.2 Å². The van der Waals surface area contributed by atoms with E-state index in [4.69, 9.17) is 11.2 Å². The maximum atomic E-state index is 5.36. The van der Waals surface area contributed by atoms with Crippen molar-refractivity contribution in [2.45, 2.75) is 31.8 Å². The Balaban J connectivity index is 1.86. The van der Waals surface area contributed by atoms with E-state index in [1.807, 2.05) is 12.1 Å². The normalized spacial score (nSPS) is 18.4. The van der Waals surface area contributed by atoms with Gasteiger partial charge in [-0.25, -0.2) is 0 Å². The van der Waals surface area contributed by atoms with Gasteiger partial charge in [0.2, 0.25) is 0 Å². The molecule has 1 unspecified atom stereocenters. The first-order chi connectivity index (χ1) is 9.72. The van der Waals surface area contributed by atoms with Crippen molar-refractivity contribution in [3.05, 3.63) is 29.8 Å². The van der Waals surface area contributed by atoms with Crippen LogP contribution in [0.3, 0.4) is 0 Å². The number of piperidine rings is 1. The van der Waals surface area contributed by atoms with Crippen molar-refractivity contribution in [3.8, 4) is 18.1 Å². The molecule has 1 heterocycles. The van der Waals surface area contributed by atoms with Gasteiger partial charge in [0.15, 0.2) is 0 Å². The van der Waals surface area contributed by atoms with Crippen LogP contribution in [0.15, 0.2) is 24.3 Å². The van der Waals surface area contributed by atoms with Gasteiger partial charge in [-0.3, -0.25) is 4.90 Å². The highest BCUT2D eigenvalue weighted by Crippen LogP contribution is 2.21. The lowest BCUT2D eigenvalue weighted by atomic mass is 10.0. The van der Waals surface area contributed by atoms with E-state index in [-0.39, 0.29) is 0 Å². The average molecular weight is 272 g/mol. The number of likely N-dealkylation sites (tertiary alicyclic amines) is 1. The van der Waals surface area contributed by atoms with Crippen molar-refractivity contribution in [1.82, 2.24) is 10.2 Å². The third kappa shape index (κ3) is 4.00. The van der Waals surface area contributed by atoms with Gasteiger partial charge in [0.1, 0.15) is 5.75 Å². The molecule has 2 rings (SSSR count). The van der Waals surface area contributed by atoms with Gasteiger partial charge in [0, 0.05) is 25.2 Å². The van der Waals surface area contributed by atoms with Crippen LogP contribution in [-0.2, 0) is 0 Å². The van der Waals surface area contributed by atoms with Crippen LogP contribution < -0.4 is 10.1 Å². The zero-order valence-corrected chi connectivity index (χ0v) is 12.4. The lowest BCUT2D eigenvalue weighted by molar-refractivity contribution is 0.211. The topological polar surface area (TPSA) is 24.5 Å². The zero-order valence-electron chi connectivity index (χ0n) is 12.4. The van der Waals surface area contributed by atoms with Gasteiger partial charge in [-0.15, -0.1) is 6.42 Å².